The molecule has 1 aliphatic heterocycles. The molecular weight excluding hydrogens is 450 g/mol. The Bertz CT molecular complexity index is 973. The molecule has 7 nitrogen and oxygen atoms in total. The van der Waals surface area contributed by atoms with Crippen molar-refractivity contribution < 1.29 is 28.5 Å². The number of carbonyl (C=O) groups is 1. The van der Waals surface area contributed by atoms with Gasteiger partial charge in [0.15, 0.2) is 27.9 Å². The molecule has 1 atom stereocenters. The number of thioether (sulfide) groups is 1. The van der Waals surface area contributed by atoms with Gasteiger partial charge in [0.2, 0.25) is 5.75 Å². The lowest BCUT2D eigenvalue weighted by Gasteiger charge is -2.37. The quantitative estimate of drug-likeness (QED) is 0.501. The highest BCUT2D eigenvalue weighted by Crippen LogP contribution is 2.42. The van der Waals surface area contributed by atoms with E-state index in [9.17, 15) is 4.79 Å². The molecule has 32 heavy (non-hydrogen) atoms. The molecule has 9 heteroatoms. The minimum Gasteiger partial charge on any atom is -0.493 e. The van der Waals surface area contributed by atoms with Crippen molar-refractivity contribution in [1.82, 2.24) is 4.90 Å². The second kappa shape index (κ2) is 10.3. The van der Waals surface area contributed by atoms with Crippen LogP contribution in [-0.2, 0) is 0 Å². The van der Waals surface area contributed by atoms with E-state index in [1.165, 1.54) is 21.3 Å². The normalized spacial score (nSPS) is 17.6. The molecule has 0 bridgehead atoms. The van der Waals surface area contributed by atoms with Gasteiger partial charge in [0.05, 0.1) is 28.4 Å². The second-order valence-corrected chi connectivity index (χ2v) is 8.98. The Labute approximate surface area is 197 Å². The highest BCUT2D eigenvalue weighted by Gasteiger charge is 2.47. The number of methoxy groups -OCH3 is 4. The Hall–Kier alpha value is -2.65. The van der Waals surface area contributed by atoms with Gasteiger partial charge in [-0.15, -0.1) is 11.8 Å². The lowest BCUT2D eigenvalue weighted by Crippen LogP contribution is -2.53. The molecule has 0 saturated carbocycles. The highest BCUT2D eigenvalue weighted by atomic mass is 32.2. The number of nitrogens with zero attached hydrogens (tertiary/aromatic N) is 1. The van der Waals surface area contributed by atoms with Crippen LogP contribution in [0.4, 0.5) is 0 Å². The summed E-state index contributed by atoms with van der Waals surface area (Å²) >= 11 is 7.23. The minimum atomic E-state index is -0.798. The first kappa shape index (κ1) is 24.0. The predicted molar refractivity (Wildman–Crippen MR) is 129 cm³/mol. The van der Waals surface area contributed by atoms with Crippen molar-refractivity contribution >= 4 is 34.8 Å². The molecule has 2 aromatic carbocycles. The molecule has 1 saturated heterocycles. The number of para-hydroxylation sites is 2. The van der Waals surface area contributed by atoms with Crippen molar-refractivity contribution in [2.75, 3.05) is 47.3 Å². The molecule has 3 rings (SSSR count). The maximum absolute atomic E-state index is 13.7. The van der Waals surface area contributed by atoms with Crippen molar-refractivity contribution in [2.24, 2.45) is 0 Å². The maximum Gasteiger partial charge on any atom is 0.255 e. The van der Waals surface area contributed by atoms with Crippen molar-refractivity contribution in [3.63, 3.8) is 0 Å². The highest BCUT2D eigenvalue weighted by molar-refractivity contribution is 8.02. The van der Waals surface area contributed by atoms with Gasteiger partial charge in [0.25, 0.3) is 5.91 Å². The Morgan fingerprint density at radius 2 is 1.59 bits per heavy atom. The van der Waals surface area contributed by atoms with Gasteiger partial charge < -0.3 is 28.6 Å². The third-order valence-electron chi connectivity index (χ3n) is 5.29. The van der Waals surface area contributed by atoms with Crippen LogP contribution >= 0.6 is 24.0 Å². The zero-order valence-corrected chi connectivity index (χ0v) is 20.4. The van der Waals surface area contributed by atoms with Crippen LogP contribution in [0.1, 0.15) is 17.3 Å². The van der Waals surface area contributed by atoms with Crippen LogP contribution in [-0.4, -0.2) is 67.9 Å². The van der Waals surface area contributed by atoms with E-state index in [-0.39, 0.29) is 12.5 Å². The van der Waals surface area contributed by atoms with E-state index >= 15 is 0 Å². The summed E-state index contributed by atoms with van der Waals surface area (Å²) in [6.45, 7) is 2.57. The third-order valence-corrected chi connectivity index (χ3v) is 7.27. The topological polar surface area (TPSA) is 66.5 Å². The Morgan fingerprint density at radius 3 is 2.12 bits per heavy atom. The summed E-state index contributed by atoms with van der Waals surface area (Å²) in [6, 6.07) is 10.7. The van der Waals surface area contributed by atoms with Crippen molar-refractivity contribution in [3.8, 4) is 28.7 Å². The zero-order chi connectivity index (χ0) is 23.3. The van der Waals surface area contributed by atoms with Crippen molar-refractivity contribution in [2.45, 2.75) is 11.8 Å². The zero-order valence-electron chi connectivity index (χ0n) is 18.8. The summed E-state index contributed by atoms with van der Waals surface area (Å²) in [5.74, 6) is 3.02. The maximum atomic E-state index is 13.7. The standard InChI is InChI=1S/C23H27NO6S2/c1-15(31)23(14-30-18-9-7-6-8-17(18)26-2)24(10-11-32-23)22(25)16-12-19(27-3)21(29-5)20(13-16)28-4/h6-9,12-13H,10-11,14H2,1-5H3. The van der Waals surface area contributed by atoms with Crippen LogP contribution in [0, 0.1) is 0 Å². The fourth-order valence-electron chi connectivity index (χ4n) is 3.62. The number of hydrogen-bond donors (Lipinski definition) is 0. The van der Waals surface area contributed by atoms with E-state index in [1.807, 2.05) is 31.2 Å². The van der Waals surface area contributed by atoms with Gasteiger partial charge in [0, 0.05) is 22.7 Å². The summed E-state index contributed by atoms with van der Waals surface area (Å²) in [4.78, 5) is 15.3. The van der Waals surface area contributed by atoms with E-state index in [0.717, 1.165) is 5.75 Å². The summed E-state index contributed by atoms with van der Waals surface area (Å²) in [7, 11) is 6.15. The molecule has 0 N–H and O–H groups in total. The number of thiocarbonyl (C=S) groups is 1. The van der Waals surface area contributed by atoms with Gasteiger partial charge in [0.1, 0.15) is 6.61 Å². The summed E-state index contributed by atoms with van der Waals surface area (Å²) in [5.41, 5.74) is 0.417. The molecule has 0 aromatic heterocycles. The predicted octanol–water partition coefficient (Wildman–Crippen LogP) is 4.08. The fraction of sp³-hybridized carbons (Fsp3) is 0.391. The third kappa shape index (κ3) is 4.45. The lowest BCUT2D eigenvalue weighted by atomic mass is 10.1. The van der Waals surface area contributed by atoms with E-state index < -0.39 is 4.87 Å². The van der Waals surface area contributed by atoms with Gasteiger partial charge in [-0.05, 0) is 31.2 Å². The number of benzene rings is 2. The molecule has 1 fully saturated rings. The van der Waals surface area contributed by atoms with Crippen LogP contribution in [0.2, 0.25) is 0 Å². The fourth-order valence-corrected chi connectivity index (χ4v) is 5.25. The van der Waals surface area contributed by atoms with E-state index in [0.29, 0.717) is 45.7 Å². The van der Waals surface area contributed by atoms with E-state index in [2.05, 4.69) is 0 Å². The summed E-state index contributed by atoms with van der Waals surface area (Å²) in [5, 5.41) is 0. The average Bonchev–Trinajstić information content (AvgIpc) is 3.26. The molecule has 1 heterocycles. The van der Waals surface area contributed by atoms with Crippen LogP contribution in [0.3, 0.4) is 0 Å². The van der Waals surface area contributed by atoms with E-state index in [1.54, 1.807) is 35.9 Å². The van der Waals surface area contributed by atoms with Gasteiger partial charge in [-0.2, -0.15) is 0 Å². The number of hydrogen-bond acceptors (Lipinski definition) is 8. The van der Waals surface area contributed by atoms with Crippen LogP contribution in [0.25, 0.3) is 0 Å². The molecule has 1 amide bonds. The van der Waals surface area contributed by atoms with Crippen molar-refractivity contribution in [1.29, 1.82) is 0 Å². The first-order chi connectivity index (χ1) is 15.4. The molecular formula is C23H27NO6S2. The van der Waals surface area contributed by atoms with E-state index in [4.69, 9.17) is 35.9 Å². The molecule has 0 spiro atoms. The first-order valence-electron chi connectivity index (χ1n) is 9.94. The first-order valence-corrected chi connectivity index (χ1v) is 11.3. The molecule has 1 unspecified atom stereocenters. The number of ether oxygens (including phenoxy) is 5. The Kier molecular flexibility index (Phi) is 7.73. The largest absolute Gasteiger partial charge is 0.493 e. The summed E-state index contributed by atoms with van der Waals surface area (Å²) in [6.07, 6.45) is 0. The van der Waals surface area contributed by atoms with Crippen LogP contribution in [0.5, 0.6) is 28.7 Å². The lowest BCUT2D eigenvalue weighted by molar-refractivity contribution is 0.0682. The molecule has 0 aliphatic carbocycles. The Balaban J connectivity index is 1.95. The second-order valence-electron chi connectivity index (χ2n) is 7.00. The number of carbonyl (C=O) groups excluding carboxylic acids is 1. The van der Waals surface area contributed by atoms with Crippen LogP contribution < -0.4 is 23.7 Å². The number of amides is 1. The smallest absolute Gasteiger partial charge is 0.255 e. The van der Waals surface area contributed by atoms with Gasteiger partial charge in [-0.3, -0.25) is 4.79 Å². The Morgan fingerprint density at radius 1 is 1.00 bits per heavy atom. The minimum absolute atomic E-state index is 0.193. The monoisotopic (exact) mass is 477 g/mol. The molecule has 2 aromatic rings. The number of rotatable bonds is 9. The van der Waals surface area contributed by atoms with Crippen molar-refractivity contribution in [3.05, 3.63) is 42.0 Å². The summed E-state index contributed by atoms with van der Waals surface area (Å²) < 4.78 is 27.7. The SMILES string of the molecule is COc1ccccc1OCC1(C(C)=S)SCCN1C(=O)c1cc(OC)c(OC)c(OC)c1. The average molecular weight is 478 g/mol. The molecule has 0 radical (unpaired) electrons. The van der Waals surface area contributed by atoms with Crippen LogP contribution in [0.15, 0.2) is 36.4 Å². The van der Waals surface area contributed by atoms with Gasteiger partial charge in [-0.1, -0.05) is 24.4 Å². The van der Waals surface area contributed by atoms with Gasteiger partial charge in [-0.25, -0.2) is 0 Å². The molecule has 1 aliphatic rings. The van der Waals surface area contributed by atoms with Gasteiger partial charge >= 0.3 is 0 Å². The molecule has 172 valence electrons.